The van der Waals surface area contributed by atoms with E-state index in [-0.39, 0.29) is 0 Å². The van der Waals surface area contributed by atoms with Crippen molar-refractivity contribution in [2.45, 2.75) is 0 Å². The molecule has 86 valence electrons. The molecule has 0 unspecified atom stereocenters. The molecule has 1 aromatic carbocycles. The topological polar surface area (TPSA) is 27.1 Å². The number of methoxy groups -OCH3 is 1. The van der Waals surface area contributed by atoms with Gasteiger partial charge in [0.1, 0.15) is 10.7 Å². The van der Waals surface area contributed by atoms with Crippen LogP contribution in [-0.2, 0) is 7.05 Å². The molecule has 0 N–H and O–H groups in total. The van der Waals surface area contributed by atoms with Gasteiger partial charge in [-0.3, -0.25) is 0 Å². The van der Waals surface area contributed by atoms with Gasteiger partial charge >= 0.3 is 0 Å². The molecular weight excluding hydrogens is 236 g/mol. The highest BCUT2D eigenvalue weighted by atomic mass is 35.5. The highest BCUT2D eigenvalue weighted by Gasteiger charge is 2.14. The number of benzene rings is 1. The molecule has 0 atom stereocenters. The van der Waals surface area contributed by atoms with Gasteiger partial charge in [-0.15, -0.1) is 0 Å². The Balaban J connectivity index is 2.61. The summed E-state index contributed by atoms with van der Waals surface area (Å²) >= 11 is 6.01. The Morgan fingerprint density at radius 1 is 1.24 bits per heavy atom. The van der Waals surface area contributed by atoms with Crippen LogP contribution in [0.4, 0.5) is 0 Å². The van der Waals surface area contributed by atoms with E-state index in [9.17, 15) is 0 Å². The SMILES string of the molecule is COc1nc(Cl)cc2c3ccccc3n(C)c12. The summed E-state index contributed by atoms with van der Waals surface area (Å²) in [6.45, 7) is 0. The molecule has 17 heavy (non-hydrogen) atoms. The van der Waals surface area contributed by atoms with Gasteiger partial charge in [0.25, 0.3) is 0 Å². The third-order valence-electron chi connectivity index (χ3n) is 3.01. The van der Waals surface area contributed by atoms with Crippen LogP contribution in [0.25, 0.3) is 21.8 Å². The number of rotatable bonds is 1. The second-order valence-electron chi connectivity index (χ2n) is 3.93. The normalized spacial score (nSPS) is 11.2. The molecule has 0 saturated carbocycles. The van der Waals surface area contributed by atoms with Crippen LogP contribution in [0.2, 0.25) is 5.15 Å². The molecule has 2 aromatic heterocycles. The average molecular weight is 247 g/mol. The minimum absolute atomic E-state index is 0.450. The fourth-order valence-corrected chi connectivity index (χ4v) is 2.46. The smallest absolute Gasteiger partial charge is 0.239 e. The van der Waals surface area contributed by atoms with Crippen LogP contribution in [0.3, 0.4) is 0 Å². The zero-order valence-electron chi connectivity index (χ0n) is 9.57. The quantitative estimate of drug-likeness (QED) is 0.616. The minimum Gasteiger partial charge on any atom is -0.479 e. The summed E-state index contributed by atoms with van der Waals surface area (Å²) < 4.78 is 7.38. The first-order valence-corrected chi connectivity index (χ1v) is 5.68. The van der Waals surface area contributed by atoms with Crippen molar-refractivity contribution in [3.05, 3.63) is 35.5 Å². The number of pyridine rings is 1. The van der Waals surface area contributed by atoms with Crippen molar-refractivity contribution < 1.29 is 4.74 Å². The molecule has 3 aromatic rings. The van der Waals surface area contributed by atoms with Crippen LogP contribution in [0.5, 0.6) is 5.88 Å². The molecule has 0 saturated heterocycles. The van der Waals surface area contributed by atoms with Crippen molar-refractivity contribution in [1.82, 2.24) is 9.55 Å². The number of aromatic nitrogens is 2. The van der Waals surface area contributed by atoms with Gasteiger partial charge in [-0.05, 0) is 12.1 Å². The maximum atomic E-state index is 6.01. The lowest BCUT2D eigenvalue weighted by Crippen LogP contribution is -1.94. The minimum atomic E-state index is 0.450. The molecular formula is C13H11ClN2O. The van der Waals surface area contributed by atoms with Crippen LogP contribution < -0.4 is 4.74 Å². The third kappa shape index (κ3) is 1.39. The zero-order chi connectivity index (χ0) is 12.0. The van der Waals surface area contributed by atoms with Crippen LogP contribution in [0.15, 0.2) is 30.3 Å². The predicted octanol–water partition coefficient (Wildman–Crippen LogP) is 3.39. The molecule has 0 spiro atoms. The number of nitrogens with zero attached hydrogens (tertiary/aromatic N) is 2. The predicted molar refractivity (Wildman–Crippen MR) is 69.8 cm³/mol. The van der Waals surface area contributed by atoms with E-state index < -0.39 is 0 Å². The molecule has 3 nitrogen and oxygen atoms in total. The summed E-state index contributed by atoms with van der Waals surface area (Å²) in [6, 6.07) is 10.1. The molecule has 0 bridgehead atoms. The van der Waals surface area contributed by atoms with Crippen molar-refractivity contribution in [2.75, 3.05) is 7.11 Å². The first kappa shape index (κ1) is 10.4. The molecule has 0 fully saturated rings. The van der Waals surface area contributed by atoms with Crippen molar-refractivity contribution in [2.24, 2.45) is 7.05 Å². The number of halogens is 1. The van der Waals surface area contributed by atoms with Gasteiger partial charge in [-0.2, -0.15) is 4.98 Å². The van der Waals surface area contributed by atoms with Crippen molar-refractivity contribution >= 4 is 33.4 Å². The number of fused-ring (bicyclic) bond motifs is 3. The summed E-state index contributed by atoms with van der Waals surface area (Å²) in [5.74, 6) is 0.561. The fourth-order valence-electron chi connectivity index (χ4n) is 2.27. The fraction of sp³-hybridized carbons (Fsp3) is 0.154. The molecule has 0 aliphatic rings. The van der Waals surface area contributed by atoms with E-state index >= 15 is 0 Å². The highest BCUT2D eigenvalue weighted by Crippen LogP contribution is 2.34. The van der Waals surface area contributed by atoms with E-state index in [2.05, 4.69) is 21.7 Å². The van der Waals surface area contributed by atoms with Gasteiger partial charge < -0.3 is 9.30 Å². The van der Waals surface area contributed by atoms with Gasteiger partial charge in [-0.25, -0.2) is 0 Å². The summed E-state index contributed by atoms with van der Waals surface area (Å²) in [5, 5.41) is 2.68. The zero-order valence-corrected chi connectivity index (χ0v) is 10.3. The standard InChI is InChI=1S/C13H11ClN2O/c1-16-10-6-4-3-5-8(10)9-7-11(14)15-13(17-2)12(9)16/h3-7H,1-2H3. The van der Waals surface area contributed by atoms with Crippen LogP contribution in [0, 0.1) is 0 Å². The van der Waals surface area contributed by atoms with E-state index in [1.165, 1.54) is 0 Å². The number of para-hydroxylation sites is 1. The summed E-state index contributed by atoms with van der Waals surface area (Å²) in [5.41, 5.74) is 2.11. The van der Waals surface area contributed by atoms with Gasteiger partial charge in [0.15, 0.2) is 0 Å². The lowest BCUT2D eigenvalue weighted by atomic mass is 10.2. The van der Waals surface area contributed by atoms with Crippen molar-refractivity contribution in [3.8, 4) is 5.88 Å². The maximum Gasteiger partial charge on any atom is 0.239 e. The molecule has 2 heterocycles. The molecule has 0 radical (unpaired) electrons. The summed E-state index contributed by atoms with van der Waals surface area (Å²) in [4.78, 5) is 4.20. The Bertz CT molecular complexity index is 718. The number of hydrogen-bond acceptors (Lipinski definition) is 2. The Labute approximate surface area is 104 Å². The largest absolute Gasteiger partial charge is 0.479 e. The molecule has 3 rings (SSSR count). The van der Waals surface area contributed by atoms with Crippen LogP contribution >= 0.6 is 11.6 Å². The lowest BCUT2D eigenvalue weighted by Gasteiger charge is -2.04. The van der Waals surface area contributed by atoms with E-state index in [1.807, 2.05) is 25.2 Å². The molecule has 0 amide bonds. The second-order valence-corrected chi connectivity index (χ2v) is 4.31. The first-order chi connectivity index (χ1) is 8.22. The number of aryl methyl sites for hydroxylation is 1. The van der Waals surface area contributed by atoms with Crippen molar-refractivity contribution in [3.63, 3.8) is 0 Å². The van der Waals surface area contributed by atoms with Gasteiger partial charge in [-0.1, -0.05) is 29.8 Å². The number of hydrogen-bond donors (Lipinski definition) is 0. The van der Waals surface area contributed by atoms with Crippen LogP contribution in [0.1, 0.15) is 0 Å². The van der Waals surface area contributed by atoms with E-state index in [0.29, 0.717) is 11.0 Å². The Morgan fingerprint density at radius 2 is 2.00 bits per heavy atom. The Kier molecular flexibility index (Phi) is 2.23. The third-order valence-corrected chi connectivity index (χ3v) is 3.21. The first-order valence-electron chi connectivity index (χ1n) is 5.30. The average Bonchev–Trinajstić information content (AvgIpc) is 2.63. The molecule has 4 heteroatoms. The monoisotopic (exact) mass is 246 g/mol. The van der Waals surface area contributed by atoms with Gasteiger partial charge in [0, 0.05) is 23.3 Å². The van der Waals surface area contributed by atoms with Gasteiger partial charge in [0.2, 0.25) is 5.88 Å². The summed E-state index contributed by atoms with van der Waals surface area (Å²) in [7, 11) is 3.61. The maximum absolute atomic E-state index is 6.01. The van der Waals surface area contributed by atoms with Crippen molar-refractivity contribution in [1.29, 1.82) is 0 Å². The van der Waals surface area contributed by atoms with Gasteiger partial charge in [0.05, 0.1) is 7.11 Å². The highest BCUT2D eigenvalue weighted by molar-refractivity contribution is 6.30. The van der Waals surface area contributed by atoms with E-state index in [4.69, 9.17) is 16.3 Å². The lowest BCUT2D eigenvalue weighted by molar-refractivity contribution is 0.401. The Hall–Kier alpha value is -1.74. The van der Waals surface area contributed by atoms with E-state index in [1.54, 1.807) is 7.11 Å². The van der Waals surface area contributed by atoms with E-state index in [0.717, 1.165) is 21.8 Å². The Morgan fingerprint density at radius 3 is 2.76 bits per heavy atom. The van der Waals surface area contributed by atoms with Crippen LogP contribution in [-0.4, -0.2) is 16.7 Å². The molecule has 0 aliphatic carbocycles. The molecule has 0 aliphatic heterocycles. The summed E-state index contributed by atoms with van der Waals surface area (Å²) in [6.07, 6.45) is 0. The second kappa shape index (κ2) is 3.64. The number of ether oxygens (including phenoxy) is 1.